The molecule has 1 fully saturated rings. The number of carboxylic acids is 1. The van der Waals surface area contributed by atoms with Crippen LogP contribution in [0.5, 0.6) is 0 Å². The summed E-state index contributed by atoms with van der Waals surface area (Å²) in [6, 6.07) is 30.4. The largest absolute Gasteiger partial charge is 0.478 e. The van der Waals surface area contributed by atoms with Crippen LogP contribution in [0.15, 0.2) is 119 Å². The molecule has 5 aromatic rings. The van der Waals surface area contributed by atoms with Crippen LogP contribution in [-0.4, -0.2) is 31.6 Å². The minimum atomic E-state index is -1.00. The molecule has 1 aliphatic heterocycles. The Balaban J connectivity index is 1.36. The fourth-order valence-electron chi connectivity index (χ4n) is 4.73. The Bertz CT molecular complexity index is 1810. The standard InChI is InChI=1S/C33H24FN3O3S/c34-26-16-12-22(13-17-26)19-36-21-25(28-8-4-5-9-29(28)36)18-30-31(38)37(20-23-10-14-24(15-11-23)32(39)40)33(41-30)35-27-6-2-1-3-7-27/h1-18,21H,19-20H2,(H,39,40)/b30-18-,35-33?. The van der Waals surface area contributed by atoms with Gasteiger partial charge in [0.25, 0.3) is 5.91 Å². The van der Waals surface area contributed by atoms with Crippen molar-refractivity contribution in [2.45, 2.75) is 13.1 Å². The molecule has 6 rings (SSSR count). The topological polar surface area (TPSA) is 74.9 Å². The molecule has 0 atom stereocenters. The highest BCUT2D eigenvalue weighted by molar-refractivity contribution is 8.18. The SMILES string of the molecule is O=C(O)c1ccc(CN2C(=O)/C(=C/c3cn(Cc4ccc(F)cc4)c4ccccc34)SC2=Nc2ccccc2)cc1. The van der Waals surface area contributed by atoms with E-state index in [1.807, 2.05) is 66.9 Å². The Morgan fingerprint density at radius 2 is 1.51 bits per heavy atom. The van der Waals surface area contributed by atoms with E-state index in [1.54, 1.807) is 29.2 Å². The average Bonchev–Trinajstić information content (AvgIpc) is 3.47. The predicted molar refractivity (Wildman–Crippen MR) is 160 cm³/mol. The summed E-state index contributed by atoms with van der Waals surface area (Å²) in [6.45, 7) is 0.811. The van der Waals surface area contributed by atoms with Gasteiger partial charge in [-0.25, -0.2) is 14.2 Å². The molecule has 1 aliphatic rings. The van der Waals surface area contributed by atoms with Gasteiger partial charge in [0.15, 0.2) is 5.17 Å². The lowest BCUT2D eigenvalue weighted by Crippen LogP contribution is -2.28. The summed E-state index contributed by atoms with van der Waals surface area (Å²) in [4.78, 5) is 32.0. The normalized spacial score (nSPS) is 15.3. The summed E-state index contributed by atoms with van der Waals surface area (Å²) in [5.41, 5.74) is 4.58. The molecule has 202 valence electrons. The number of amidine groups is 1. The average molecular weight is 562 g/mol. The maximum Gasteiger partial charge on any atom is 0.335 e. The Kier molecular flexibility index (Phi) is 7.22. The zero-order chi connectivity index (χ0) is 28.3. The number of halogens is 1. The lowest BCUT2D eigenvalue weighted by molar-refractivity contribution is -0.122. The second kappa shape index (κ2) is 11.3. The number of carbonyl (C=O) groups excluding carboxylic acids is 1. The third-order valence-corrected chi connectivity index (χ3v) is 7.79. The van der Waals surface area contributed by atoms with E-state index in [1.165, 1.54) is 36.0 Å². The molecule has 41 heavy (non-hydrogen) atoms. The molecular weight excluding hydrogens is 537 g/mol. The van der Waals surface area contributed by atoms with Gasteiger partial charge in [-0.2, -0.15) is 0 Å². The fourth-order valence-corrected chi connectivity index (χ4v) is 5.72. The van der Waals surface area contributed by atoms with E-state index in [-0.39, 0.29) is 23.8 Å². The van der Waals surface area contributed by atoms with Gasteiger partial charge in [-0.05, 0) is 71.4 Å². The highest BCUT2D eigenvalue weighted by Gasteiger charge is 2.34. The van der Waals surface area contributed by atoms with Gasteiger partial charge in [0.2, 0.25) is 0 Å². The van der Waals surface area contributed by atoms with Crippen molar-refractivity contribution in [2.75, 3.05) is 0 Å². The molecule has 8 heteroatoms. The van der Waals surface area contributed by atoms with Crippen molar-refractivity contribution < 1.29 is 19.1 Å². The number of benzene rings is 4. The predicted octanol–water partition coefficient (Wildman–Crippen LogP) is 7.33. The van der Waals surface area contributed by atoms with Crippen LogP contribution in [0.25, 0.3) is 17.0 Å². The number of thioether (sulfide) groups is 1. The number of nitrogens with zero attached hydrogens (tertiary/aromatic N) is 3. The Hall–Kier alpha value is -4.95. The van der Waals surface area contributed by atoms with Crippen molar-refractivity contribution in [3.63, 3.8) is 0 Å². The first-order chi connectivity index (χ1) is 19.9. The molecule has 0 aliphatic carbocycles. The van der Waals surface area contributed by atoms with Gasteiger partial charge < -0.3 is 9.67 Å². The molecule has 1 saturated heterocycles. The Morgan fingerprint density at radius 3 is 2.24 bits per heavy atom. The summed E-state index contributed by atoms with van der Waals surface area (Å²) in [5.74, 6) is -1.45. The third kappa shape index (κ3) is 5.69. The molecule has 1 amide bonds. The van der Waals surface area contributed by atoms with Crippen LogP contribution in [0.3, 0.4) is 0 Å². The van der Waals surface area contributed by atoms with Crippen LogP contribution in [0.4, 0.5) is 10.1 Å². The molecule has 0 unspecified atom stereocenters. The second-order valence-corrected chi connectivity index (χ2v) is 10.6. The van der Waals surface area contributed by atoms with E-state index in [0.29, 0.717) is 16.6 Å². The number of para-hydroxylation sites is 2. The molecule has 0 radical (unpaired) electrons. The minimum Gasteiger partial charge on any atom is -0.478 e. The van der Waals surface area contributed by atoms with Crippen molar-refractivity contribution in [1.82, 2.24) is 9.47 Å². The number of rotatable bonds is 7. The lowest BCUT2D eigenvalue weighted by atomic mass is 10.1. The maximum atomic E-state index is 13.8. The maximum absolute atomic E-state index is 13.8. The van der Waals surface area contributed by atoms with Crippen LogP contribution in [-0.2, 0) is 17.9 Å². The number of aromatic nitrogens is 1. The number of fused-ring (bicyclic) bond motifs is 1. The van der Waals surface area contributed by atoms with Gasteiger partial charge in [0, 0.05) is 29.2 Å². The van der Waals surface area contributed by atoms with Crippen molar-refractivity contribution in [1.29, 1.82) is 0 Å². The van der Waals surface area contributed by atoms with E-state index in [4.69, 9.17) is 4.99 Å². The molecule has 2 heterocycles. The third-order valence-electron chi connectivity index (χ3n) is 6.78. The zero-order valence-corrected chi connectivity index (χ0v) is 22.6. The number of hydrogen-bond donors (Lipinski definition) is 1. The van der Waals surface area contributed by atoms with Crippen molar-refractivity contribution >= 4 is 51.5 Å². The number of aromatic carboxylic acids is 1. The lowest BCUT2D eigenvalue weighted by Gasteiger charge is -2.16. The number of carboxylic acid groups (broad SMARTS) is 1. The van der Waals surface area contributed by atoms with Gasteiger partial charge in [0.1, 0.15) is 5.82 Å². The zero-order valence-electron chi connectivity index (χ0n) is 21.8. The fraction of sp³-hybridized carbons (Fsp3) is 0.0606. The van der Waals surface area contributed by atoms with Gasteiger partial charge in [-0.1, -0.05) is 60.7 Å². The molecule has 0 saturated carbocycles. The van der Waals surface area contributed by atoms with E-state index >= 15 is 0 Å². The van der Waals surface area contributed by atoms with Gasteiger partial charge in [0.05, 0.1) is 22.7 Å². The van der Waals surface area contributed by atoms with Gasteiger partial charge in [-0.15, -0.1) is 0 Å². The van der Waals surface area contributed by atoms with E-state index < -0.39 is 5.97 Å². The summed E-state index contributed by atoms with van der Waals surface area (Å²) < 4.78 is 15.5. The van der Waals surface area contributed by atoms with Crippen LogP contribution in [0.1, 0.15) is 27.0 Å². The summed E-state index contributed by atoms with van der Waals surface area (Å²) in [6.07, 6.45) is 3.90. The summed E-state index contributed by atoms with van der Waals surface area (Å²) >= 11 is 1.31. The van der Waals surface area contributed by atoms with Crippen molar-refractivity contribution in [3.05, 3.63) is 142 Å². The van der Waals surface area contributed by atoms with Crippen LogP contribution in [0.2, 0.25) is 0 Å². The molecular formula is C33H24FN3O3S. The van der Waals surface area contributed by atoms with E-state index in [2.05, 4.69) is 4.57 Å². The second-order valence-electron chi connectivity index (χ2n) is 9.59. The van der Waals surface area contributed by atoms with Crippen molar-refractivity contribution in [2.24, 2.45) is 4.99 Å². The van der Waals surface area contributed by atoms with Crippen molar-refractivity contribution in [3.8, 4) is 0 Å². The quantitative estimate of drug-likeness (QED) is 0.211. The monoisotopic (exact) mass is 561 g/mol. The number of hydrogen-bond acceptors (Lipinski definition) is 4. The first kappa shape index (κ1) is 26.3. The minimum absolute atomic E-state index is 0.178. The van der Waals surface area contributed by atoms with Crippen LogP contribution >= 0.6 is 11.8 Å². The number of aliphatic imine (C=N–C) groups is 1. The first-order valence-electron chi connectivity index (χ1n) is 12.9. The molecule has 0 bridgehead atoms. The highest BCUT2D eigenvalue weighted by atomic mass is 32.2. The van der Waals surface area contributed by atoms with Gasteiger partial charge in [-0.3, -0.25) is 9.69 Å². The smallest absolute Gasteiger partial charge is 0.335 e. The molecule has 1 N–H and O–H groups in total. The summed E-state index contributed by atoms with van der Waals surface area (Å²) in [5, 5.41) is 10.8. The molecule has 1 aromatic heterocycles. The molecule has 4 aromatic carbocycles. The molecule has 6 nitrogen and oxygen atoms in total. The number of carbonyl (C=O) groups is 2. The van der Waals surface area contributed by atoms with E-state index in [9.17, 15) is 19.1 Å². The molecule has 0 spiro atoms. The first-order valence-corrected chi connectivity index (χ1v) is 13.8. The Labute approximate surface area is 240 Å². The van der Waals surface area contributed by atoms with Crippen LogP contribution < -0.4 is 0 Å². The Morgan fingerprint density at radius 1 is 0.854 bits per heavy atom. The number of amides is 1. The summed E-state index contributed by atoms with van der Waals surface area (Å²) in [7, 11) is 0. The highest BCUT2D eigenvalue weighted by Crippen LogP contribution is 2.36. The van der Waals surface area contributed by atoms with Crippen LogP contribution in [0, 0.1) is 5.82 Å². The van der Waals surface area contributed by atoms with E-state index in [0.717, 1.165) is 33.3 Å². The van der Waals surface area contributed by atoms with Gasteiger partial charge >= 0.3 is 5.97 Å².